The number of hydrogen-bond donors (Lipinski definition) is 1. The molecule has 1 saturated carbocycles. The van der Waals surface area contributed by atoms with Crippen molar-refractivity contribution in [2.75, 3.05) is 12.4 Å². The van der Waals surface area contributed by atoms with E-state index in [1.54, 1.807) is 7.11 Å². The molecule has 2 heterocycles. The van der Waals surface area contributed by atoms with Gasteiger partial charge in [0.2, 0.25) is 5.91 Å². The maximum atomic E-state index is 12.8. The van der Waals surface area contributed by atoms with Gasteiger partial charge < -0.3 is 14.8 Å². The summed E-state index contributed by atoms with van der Waals surface area (Å²) < 4.78 is 11.5. The van der Waals surface area contributed by atoms with Crippen LogP contribution in [0, 0.1) is 11.3 Å². The topological polar surface area (TPSA) is 60.5 Å². The zero-order valence-electron chi connectivity index (χ0n) is 14.4. The summed E-state index contributed by atoms with van der Waals surface area (Å²) in [7, 11) is 1.67. The monoisotopic (exact) mass is 394 g/mol. The number of rotatable bonds is 3. The van der Waals surface area contributed by atoms with E-state index in [0.717, 1.165) is 37.2 Å². The Kier molecular flexibility index (Phi) is 4.61. The molecule has 1 aromatic heterocycles. The molecule has 1 aliphatic heterocycles. The Morgan fingerprint density at radius 3 is 2.88 bits per heavy atom. The van der Waals surface area contributed by atoms with Gasteiger partial charge in [-0.25, -0.2) is 0 Å². The lowest BCUT2D eigenvalue weighted by Crippen LogP contribution is -2.41. The number of methoxy groups -OCH3 is 1. The Morgan fingerprint density at radius 2 is 2.15 bits per heavy atom. The highest BCUT2D eigenvalue weighted by atomic mass is 35.5. The lowest BCUT2D eigenvalue weighted by molar-refractivity contribution is -0.123. The summed E-state index contributed by atoms with van der Waals surface area (Å²) in [6, 6.07) is 0. The molecule has 3 atom stereocenters. The van der Waals surface area contributed by atoms with Crippen LogP contribution in [0.15, 0.2) is 36.1 Å². The molecule has 0 radical (unpaired) electrons. The van der Waals surface area contributed by atoms with Crippen molar-refractivity contribution >= 4 is 34.8 Å². The molecule has 2 aliphatic carbocycles. The number of allylic oxidation sites excluding steroid dienone is 3. The minimum atomic E-state index is -0.127. The first kappa shape index (κ1) is 17.7. The van der Waals surface area contributed by atoms with Crippen LogP contribution in [0.1, 0.15) is 32.1 Å². The van der Waals surface area contributed by atoms with Gasteiger partial charge in [0.15, 0.2) is 0 Å². The van der Waals surface area contributed by atoms with Crippen LogP contribution >= 0.6 is 23.2 Å². The van der Waals surface area contributed by atoms with Gasteiger partial charge in [0.05, 0.1) is 22.8 Å². The Hall–Kier alpha value is -1.72. The quantitative estimate of drug-likeness (QED) is 0.805. The summed E-state index contributed by atoms with van der Waals surface area (Å²) in [5.41, 5.74) is 0.501. The van der Waals surface area contributed by atoms with Gasteiger partial charge in [-0.2, -0.15) is 0 Å². The Morgan fingerprint density at radius 1 is 1.38 bits per heavy atom. The maximum absolute atomic E-state index is 12.8. The highest BCUT2D eigenvalue weighted by Gasteiger charge is 2.51. The number of fused-ring (bicyclic) bond motifs is 1. The van der Waals surface area contributed by atoms with Crippen LogP contribution in [0.4, 0.5) is 5.69 Å². The van der Waals surface area contributed by atoms with Gasteiger partial charge >= 0.3 is 0 Å². The minimum absolute atomic E-state index is 0.0521. The molecule has 7 heteroatoms. The zero-order chi connectivity index (χ0) is 18.3. The molecule has 3 aliphatic rings. The van der Waals surface area contributed by atoms with Gasteiger partial charge in [0.1, 0.15) is 17.6 Å². The van der Waals surface area contributed by atoms with Gasteiger partial charge in [0.25, 0.3) is 0 Å². The number of pyridine rings is 1. The second kappa shape index (κ2) is 6.78. The number of nitrogens with one attached hydrogen (secondary N) is 1. The number of hydrogen-bond acceptors (Lipinski definition) is 4. The minimum Gasteiger partial charge on any atom is -0.497 e. The molecule has 1 spiro atoms. The maximum Gasteiger partial charge on any atom is 0.227 e. The van der Waals surface area contributed by atoms with Crippen LogP contribution in [-0.2, 0) is 14.3 Å². The third-order valence-corrected chi connectivity index (χ3v) is 6.29. The fourth-order valence-corrected chi connectivity index (χ4v) is 4.70. The second-order valence-electron chi connectivity index (χ2n) is 7.21. The Labute approximate surface area is 162 Å². The summed E-state index contributed by atoms with van der Waals surface area (Å²) in [5, 5.41) is 3.54. The lowest BCUT2D eigenvalue weighted by Gasteiger charge is -2.39. The molecular weight excluding hydrogens is 375 g/mol. The number of ether oxygens (including phenoxy) is 2. The van der Waals surface area contributed by atoms with Crippen molar-refractivity contribution in [3.8, 4) is 0 Å². The number of nitrogens with zero attached hydrogens (tertiary/aromatic N) is 1. The van der Waals surface area contributed by atoms with E-state index in [-0.39, 0.29) is 23.3 Å². The summed E-state index contributed by atoms with van der Waals surface area (Å²) in [6.07, 6.45) is 11.4. The van der Waals surface area contributed by atoms with E-state index < -0.39 is 0 Å². The number of carbonyl (C=O) groups is 1. The summed E-state index contributed by atoms with van der Waals surface area (Å²) in [5.74, 6) is 1.62. The molecule has 1 saturated heterocycles. The van der Waals surface area contributed by atoms with E-state index >= 15 is 0 Å². The van der Waals surface area contributed by atoms with Crippen LogP contribution in [-0.4, -0.2) is 24.1 Å². The molecular formula is C19H20Cl2N2O3. The largest absolute Gasteiger partial charge is 0.497 e. The van der Waals surface area contributed by atoms with E-state index in [9.17, 15) is 4.79 Å². The average Bonchev–Trinajstić information content (AvgIpc) is 2.87. The molecule has 1 aromatic rings. The number of aromatic nitrogens is 1. The van der Waals surface area contributed by atoms with E-state index in [1.807, 2.05) is 6.08 Å². The number of halogens is 2. The first-order valence-electron chi connectivity index (χ1n) is 8.72. The van der Waals surface area contributed by atoms with Crippen LogP contribution in [0.5, 0.6) is 0 Å². The van der Waals surface area contributed by atoms with Crippen LogP contribution in [0.2, 0.25) is 10.0 Å². The standard InChI is InChI=1S/C19H20Cl2N2O3/c1-25-12-3-5-19-4-2-11(6-16(19)26-13(7-12)8-19)18(24)23-17-14(20)9-22-10-15(17)21/h3,7,9-11,16H,2,4-6,8H2,1H3,(H,22,23,24). The molecule has 4 rings (SSSR count). The van der Waals surface area contributed by atoms with Crippen molar-refractivity contribution in [2.24, 2.45) is 11.3 Å². The molecule has 0 aromatic carbocycles. The number of carbonyl (C=O) groups excluding carboxylic acids is 1. The van der Waals surface area contributed by atoms with E-state index in [1.165, 1.54) is 12.4 Å². The van der Waals surface area contributed by atoms with Crippen molar-refractivity contribution in [2.45, 2.75) is 38.2 Å². The molecule has 26 heavy (non-hydrogen) atoms. The molecule has 2 fully saturated rings. The zero-order valence-corrected chi connectivity index (χ0v) is 15.9. The van der Waals surface area contributed by atoms with Gasteiger partial charge in [-0.1, -0.05) is 23.2 Å². The van der Waals surface area contributed by atoms with Crippen molar-refractivity contribution in [1.82, 2.24) is 4.98 Å². The highest BCUT2D eigenvalue weighted by molar-refractivity contribution is 6.39. The van der Waals surface area contributed by atoms with Crippen molar-refractivity contribution in [3.05, 3.63) is 46.1 Å². The number of anilines is 1. The predicted octanol–water partition coefficient (Wildman–Crippen LogP) is 4.72. The van der Waals surface area contributed by atoms with Gasteiger partial charge in [-0.05, 0) is 31.8 Å². The van der Waals surface area contributed by atoms with Crippen LogP contribution in [0.25, 0.3) is 0 Å². The molecule has 138 valence electrons. The molecule has 1 N–H and O–H groups in total. The van der Waals surface area contributed by atoms with Crippen molar-refractivity contribution in [1.29, 1.82) is 0 Å². The third-order valence-electron chi connectivity index (χ3n) is 5.71. The van der Waals surface area contributed by atoms with Gasteiger partial charge in [-0.15, -0.1) is 0 Å². The van der Waals surface area contributed by atoms with Gasteiger partial charge in [-0.3, -0.25) is 9.78 Å². The van der Waals surface area contributed by atoms with E-state index in [4.69, 9.17) is 32.7 Å². The average molecular weight is 395 g/mol. The third kappa shape index (κ3) is 3.08. The summed E-state index contributed by atoms with van der Waals surface area (Å²) in [6.45, 7) is 0. The Bertz CT molecular complexity index is 788. The van der Waals surface area contributed by atoms with E-state index in [2.05, 4.69) is 16.4 Å². The molecule has 3 unspecified atom stereocenters. The lowest BCUT2D eigenvalue weighted by atomic mass is 9.66. The first-order chi connectivity index (χ1) is 12.5. The summed E-state index contributed by atoms with van der Waals surface area (Å²) >= 11 is 12.2. The smallest absolute Gasteiger partial charge is 0.227 e. The van der Waals surface area contributed by atoms with Crippen molar-refractivity contribution in [3.63, 3.8) is 0 Å². The molecule has 1 amide bonds. The second-order valence-corrected chi connectivity index (χ2v) is 8.02. The molecule has 5 nitrogen and oxygen atoms in total. The first-order valence-corrected chi connectivity index (χ1v) is 9.47. The molecule has 2 bridgehead atoms. The predicted molar refractivity (Wildman–Crippen MR) is 99.9 cm³/mol. The fraction of sp³-hybridized carbons (Fsp3) is 0.474. The Balaban J connectivity index is 1.48. The van der Waals surface area contributed by atoms with Crippen molar-refractivity contribution < 1.29 is 14.3 Å². The van der Waals surface area contributed by atoms with E-state index in [0.29, 0.717) is 22.2 Å². The SMILES string of the molecule is COC1=CCC23CCC(C(=O)Nc4c(Cl)cncc4Cl)CC2OC(=C1)C3. The fourth-order valence-electron chi connectivity index (χ4n) is 4.24. The van der Waals surface area contributed by atoms with Gasteiger partial charge in [0, 0.05) is 36.2 Å². The highest BCUT2D eigenvalue weighted by Crippen LogP contribution is 2.54. The van der Waals surface area contributed by atoms with Crippen LogP contribution in [0.3, 0.4) is 0 Å². The van der Waals surface area contributed by atoms with Crippen LogP contribution < -0.4 is 5.32 Å². The summed E-state index contributed by atoms with van der Waals surface area (Å²) in [4.78, 5) is 16.7. The number of amides is 1. The normalized spacial score (nSPS) is 29.7.